The van der Waals surface area contributed by atoms with Crippen LogP contribution in [0.1, 0.15) is 35.1 Å². The molecule has 0 bridgehead atoms. The lowest BCUT2D eigenvalue weighted by Gasteiger charge is -2.20. The first-order valence-electron chi connectivity index (χ1n) is 7.29. The number of carbonyl (C=O) groups is 2. The molecule has 1 aromatic rings. The molecule has 1 aliphatic rings. The standard InChI is InChI=1S/C17H23NO3/c1-10-8-11(2)14(12(3)9-10)15-16(19)13(4)18(17(15)20)6-7-21-5/h8-9,13,15H,6-7H2,1-5H3. The largest absolute Gasteiger partial charge is 0.383 e. The fraction of sp³-hybridized carbons (Fsp3) is 0.529. The minimum absolute atomic E-state index is 0.00819. The van der Waals surface area contributed by atoms with Crippen molar-refractivity contribution in [1.29, 1.82) is 0 Å². The summed E-state index contributed by atoms with van der Waals surface area (Å²) in [5.41, 5.74) is 4.05. The minimum atomic E-state index is -0.655. The van der Waals surface area contributed by atoms with E-state index >= 15 is 0 Å². The predicted molar refractivity (Wildman–Crippen MR) is 81.5 cm³/mol. The third-order valence-corrected chi connectivity index (χ3v) is 4.26. The van der Waals surface area contributed by atoms with Crippen LogP contribution in [0.15, 0.2) is 12.1 Å². The first-order chi connectivity index (χ1) is 9.88. The molecule has 0 spiro atoms. The van der Waals surface area contributed by atoms with Gasteiger partial charge >= 0.3 is 0 Å². The smallest absolute Gasteiger partial charge is 0.238 e. The lowest BCUT2D eigenvalue weighted by Crippen LogP contribution is -2.35. The van der Waals surface area contributed by atoms with E-state index in [1.54, 1.807) is 18.9 Å². The number of amides is 1. The third kappa shape index (κ3) is 2.72. The van der Waals surface area contributed by atoms with Gasteiger partial charge in [-0.1, -0.05) is 17.7 Å². The number of ketones is 1. The predicted octanol–water partition coefficient (Wildman–Crippen LogP) is 2.14. The molecule has 0 aliphatic carbocycles. The maximum atomic E-state index is 12.7. The van der Waals surface area contributed by atoms with Gasteiger partial charge in [-0.05, 0) is 44.4 Å². The van der Waals surface area contributed by atoms with E-state index in [1.807, 2.05) is 32.9 Å². The molecule has 0 saturated carbocycles. The molecular formula is C17H23NO3. The van der Waals surface area contributed by atoms with Crippen LogP contribution in [0.25, 0.3) is 0 Å². The number of likely N-dealkylation sites (tertiary alicyclic amines) is 1. The number of aryl methyl sites for hydroxylation is 3. The number of ether oxygens (including phenoxy) is 1. The molecule has 1 heterocycles. The molecule has 2 atom stereocenters. The summed E-state index contributed by atoms with van der Waals surface area (Å²) in [6.45, 7) is 8.67. The Balaban J connectivity index is 2.41. The lowest BCUT2D eigenvalue weighted by atomic mass is 9.87. The number of hydrogen-bond acceptors (Lipinski definition) is 3. The number of Topliss-reactive ketones (excluding diaryl/α,β-unsaturated/α-hetero) is 1. The molecule has 1 aromatic carbocycles. The number of carbonyl (C=O) groups excluding carboxylic acids is 2. The molecule has 1 fully saturated rings. The maximum Gasteiger partial charge on any atom is 0.238 e. The van der Waals surface area contributed by atoms with Gasteiger partial charge in [0.25, 0.3) is 0 Å². The Hall–Kier alpha value is -1.68. The molecule has 2 unspecified atom stereocenters. The van der Waals surface area contributed by atoms with Crippen LogP contribution in [0.5, 0.6) is 0 Å². The highest BCUT2D eigenvalue weighted by Gasteiger charge is 2.46. The van der Waals surface area contributed by atoms with Gasteiger partial charge in [0, 0.05) is 13.7 Å². The SMILES string of the molecule is COCCN1C(=O)C(c2c(C)cc(C)cc2C)C(=O)C1C. The normalized spacial score (nSPS) is 22.2. The second-order valence-corrected chi connectivity index (χ2v) is 5.85. The molecule has 1 amide bonds. The first kappa shape index (κ1) is 15.7. The zero-order valence-electron chi connectivity index (χ0n) is 13.4. The average Bonchev–Trinajstić information content (AvgIpc) is 2.60. The highest BCUT2D eigenvalue weighted by Crippen LogP contribution is 2.34. The molecule has 1 saturated heterocycles. The van der Waals surface area contributed by atoms with Crippen molar-refractivity contribution in [2.45, 2.75) is 39.7 Å². The summed E-state index contributed by atoms with van der Waals surface area (Å²) in [5.74, 6) is -0.761. The van der Waals surface area contributed by atoms with Gasteiger partial charge in [-0.2, -0.15) is 0 Å². The summed E-state index contributed by atoms with van der Waals surface area (Å²) in [6, 6.07) is 3.69. The van der Waals surface area contributed by atoms with E-state index in [0.29, 0.717) is 13.2 Å². The third-order valence-electron chi connectivity index (χ3n) is 4.26. The second-order valence-electron chi connectivity index (χ2n) is 5.85. The van der Waals surface area contributed by atoms with Gasteiger partial charge < -0.3 is 9.64 Å². The van der Waals surface area contributed by atoms with Gasteiger partial charge in [0.15, 0.2) is 5.78 Å². The summed E-state index contributed by atoms with van der Waals surface area (Å²) >= 11 is 0. The molecule has 0 aromatic heterocycles. The van der Waals surface area contributed by atoms with Crippen molar-refractivity contribution in [2.75, 3.05) is 20.3 Å². The Morgan fingerprint density at radius 1 is 1.14 bits per heavy atom. The van der Waals surface area contributed by atoms with Gasteiger partial charge in [-0.15, -0.1) is 0 Å². The summed E-state index contributed by atoms with van der Waals surface area (Å²) in [5, 5.41) is 0. The molecule has 0 N–H and O–H groups in total. The zero-order valence-corrected chi connectivity index (χ0v) is 13.4. The molecular weight excluding hydrogens is 266 g/mol. The Labute approximate surface area is 126 Å². The van der Waals surface area contributed by atoms with E-state index < -0.39 is 5.92 Å². The van der Waals surface area contributed by atoms with Gasteiger partial charge in [0.2, 0.25) is 5.91 Å². The van der Waals surface area contributed by atoms with Crippen molar-refractivity contribution in [2.24, 2.45) is 0 Å². The lowest BCUT2D eigenvalue weighted by molar-refractivity contribution is -0.130. The van der Waals surface area contributed by atoms with Crippen LogP contribution in [0, 0.1) is 20.8 Å². The number of methoxy groups -OCH3 is 1. The summed E-state index contributed by atoms with van der Waals surface area (Å²) in [6.07, 6.45) is 0. The van der Waals surface area contributed by atoms with Crippen LogP contribution in [-0.2, 0) is 14.3 Å². The van der Waals surface area contributed by atoms with Crippen molar-refractivity contribution in [1.82, 2.24) is 4.90 Å². The highest BCUT2D eigenvalue weighted by atomic mass is 16.5. The van der Waals surface area contributed by atoms with Crippen LogP contribution in [0.4, 0.5) is 0 Å². The number of rotatable bonds is 4. The first-order valence-corrected chi connectivity index (χ1v) is 7.29. The number of nitrogens with zero attached hydrogens (tertiary/aromatic N) is 1. The van der Waals surface area contributed by atoms with Crippen molar-refractivity contribution in [3.8, 4) is 0 Å². The van der Waals surface area contributed by atoms with Crippen molar-refractivity contribution < 1.29 is 14.3 Å². The summed E-state index contributed by atoms with van der Waals surface area (Å²) < 4.78 is 5.03. The van der Waals surface area contributed by atoms with Crippen LogP contribution in [0.2, 0.25) is 0 Å². The van der Waals surface area contributed by atoms with Gasteiger partial charge in [0.05, 0.1) is 12.6 Å². The summed E-state index contributed by atoms with van der Waals surface area (Å²) in [7, 11) is 1.60. The minimum Gasteiger partial charge on any atom is -0.383 e. The van der Waals surface area contributed by atoms with Crippen LogP contribution >= 0.6 is 0 Å². The van der Waals surface area contributed by atoms with Crippen LogP contribution in [-0.4, -0.2) is 42.9 Å². The van der Waals surface area contributed by atoms with Crippen molar-refractivity contribution in [3.63, 3.8) is 0 Å². The van der Waals surface area contributed by atoms with Gasteiger partial charge in [-0.25, -0.2) is 0 Å². The van der Waals surface area contributed by atoms with E-state index in [4.69, 9.17) is 4.74 Å². The number of benzene rings is 1. The van der Waals surface area contributed by atoms with Gasteiger partial charge in [0.1, 0.15) is 5.92 Å². The monoisotopic (exact) mass is 289 g/mol. The van der Waals surface area contributed by atoms with E-state index in [-0.39, 0.29) is 17.7 Å². The Bertz CT molecular complexity index is 556. The maximum absolute atomic E-state index is 12.7. The molecule has 4 nitrogen and oxygen atoms in total. The Kier molecular flexibility index (Phi) is 4.47. The Morgan fingerprint density at radius 3 is 2.24 bits per heavy atom. The van der Waals surface area contributed by atoms with Gasteiger partial charge in [-0.3, -0.25) is 9.59 Å². The van der Waals surface area contributed by atoms with E-state index in [1.165, 1.54) is 0 Å². The second kappa shape index (κ2) is 5.98. The quantitative estimate of drug-likeness (QED) is 0.798. The van der Waals surface area contributed by atoms with E-state index in [0.717, 1.165) is 22.3 Å². The topological polar surface area (TPSA) is 46.6 Å². The highest BCUT2D eigenvalue weighted by molar-refractivity contribution is 6.15. The van der Waals surface area contributed by atoms with Crippen LogP contribution in [0.3, 0.4) is 0 Å². The molecule has 4 heteroatoms. The number of hydrogen-bond donors (Lipinski definition) is 0. The van der Waals surface area contributed by atoms with E-state index in [9.17, 15) is 9.59 Å². The molecule has 114 valence electrons. The zero-order chi connectivity index (χ0) is 15.7. The fourth-order valence-corrected chi connectivity index (χ4v) is 3.28. The average molecular weight is 289 g/mol. The van der Waals surface area contributed by atoms with Crippen molar-refractivity contribution in [3.05, 3.63) is 34.4 Å². The molecule has 2 rings (SSSR count). The molecule has 0 radical (unpaired) electrons. The summed E-state index contributed by atoms with van der Waals surface area (Å²) in [4.78, 5) is 26.9. The molecule has 1 aliphatic heterocycles. The Morgan fingerprint density at radius 2 is 1.71 bits per heavy atom. The van der Waals surface area contributed by atoms with Crippen molar-refractivity contribution >= 4 is 11.7 Å². The molecule has 21 heavy (non-hydrogen) atoms. The van der Waals surface area contributed by atoms with Crippen LogP contribution < -0.4 is 0 Å². The van der Waals surface area contributed by atoms with E-state index in [2.05, 4.69) is 0 Å². The fourth-order valence-electron chi connectivity index (χ4n) is 3.28.